The lowest BCUT2D eigenvalue weighted by Crippen LogP contribution is -2.36. The molecule has 0 spiro atoms. The third-order valence-electron chi connectivity index (χ3n) is 2.24. The van der Waals surface area contributed by atoms with E-state index in [2.05, 4.69) is 0 Å². The van der Waals surface area contributed by atoms with E-state index < -0.39 is 39.4 Å². The summed E-state index contributed by atoms with van der Waals surface area (Å²) in [7, 11) is 0. The molecular weight excluding hydrogens is 295 g/mol. The average Bonchev–Trinajstić information content (AvgIpc) is 2.33. The van der Waals surface area contributed by atoms with Crippen LogP contribution in [0.4, 0.5) is 13.2 Å². The van der Waals surface area contributed by atoms with Gasteiger partial charge >= 0.3 is 6.18 Å². The molecule has 108 valence electrons. The number of nitrogens with one attached hydrogen (secondary N) is 1. The van der Waals surface area contributed by atoms with Crippen LogP contribution in [0.5, 0.6) is 0 Å². The number of halogens is 3. The molecule has 0 saturated heterocycles. The lowest BCUT2D eigenvalue weighted by atomic mass is 10.0. The number of amides is 1. The SMILES string of the molecule is N=C(N)SC(C(N)=O)C(=O)c1ccccc1C(F)(F)F. The summed E-state index contributed by atoms with van der Waals surface area (Å²) in [6.45, 7) is 0. The predicted molar refractivity (Wildman–Crippen MR) is 68.3 cm³/mol. The van der Waals surface area contributed by atoms with Crippen molar-refractivity contribution >= 4 is 28.6 Å². The van der Waals surface area contributed by atoms with Crippen molar-refractivity contribution in [1.82, 2.24) is 0 Å². The van der Waals surface area contributed by atoms with Gasteiger partial charge in [-0.25, -0.2) is 0 Å². The predicted octanol–water partition coefficient (Wildman–Crippen LogP) is 1.37. The first-order valence-electron chi connectivity index (χ1n) is 5.15. The van der Waals surface area contributed by atoms with Crippen LogP contribution in [0.2, 0.25) is 0 Å². The molecule has 0 saturated carbocycles. The monoisotopic (exact) mass is 305 g/mol. The lowest BCUT2D eigenvalue weighted by Gasteiger charge is -2.15. The van der Waals surface area contributed by atoms with Gasteiger partial charge in [-0.05, 0) is 6.07 Å². The maximum atomic E-state index is 12.8. The Kier molecular flexibility index (Phi) is 4.77. The van der Waals surface area contributed by atoms with E-state index in [1.54, 1.807) is 0 Å². The Balaban J connectivity index is 3.26. The molecule has 1 aromatic carbocycles. The van der Waals surface area contributed by atoms with Crippen LogP contribution in [0.15, 0.2) is 24.3 Å². The second-order valence-electron chi connectivity index (χ2n) is 3.67. The largest absolute Gasteiger partial charge is 0.417 e. The fourth-order valence-electron chi connectivity index (χ4n) is 1.45. The van der Waals surface area contributed by atoms with Gasteiger partial charge in [-0.2, -0.15) is 13.2 Å². The number of Topliss-reactive ketones (excluding diaryl/α,β-unsaturated/α-hetero) is 1. The van der Waals surface area contributed by atoms with E-state index in [0.717, 1.165) is 18.2 Å². The number of hydrogen-bond donors (Lipinski definition) is 3. The van der Waals surface area contributed by atoms with Gasteiger partial charge in [0.2, 0.25) is 5.91 Å². The molecule has 0 aromatic heterocycles. The van der Waals surface area contributed by atoms with Crippen molar-refractivity contribution in [3.63, 3.8) is 0 Å². The minimum atomic E-state index is -4.74. The van der Waals surface area contributed by atoms with E-state index in [1.165, 1.54) is 6.07 Å². The fourth-order valence-corrected chi connectivity index (χ4v) is 2.06. The highest BCUT2D eigenvalue weighted by molar-refractivity contribution is 8.15. The molecule has 0 aliphatic rings. The molecule has 1 atom stereocenters. The number of amidine groups is 1. The Morgan fingerprint density at radius 1 is 1.20 bits per heavy atom. The molecule has 9 heteroatoms. The summed E-state index contributed by atoms with van der Waals surface area (Å²) in [5, 5.41) is 4.75. The van der Waals surface area contributed by atoms with E-state index in [9.17, 15) is 22.8 Å². The normalized spacial score (nSPS) is 12.8. The summed E-state index contributed by atoms with van der Waals surface area (Å²) in [4.78, 5) is 23.2. The molecule has 1 amide bonds. The summed E-state index contributed by atoms with van der Waals surface area (Å²) in [5.74, 6) is -2.29. The molecule has 20 heavy (non-hydrogen) atoms. The lowest BCUT2D eigenvalue weighted by molar-refractivity contribution is -0.138. The third-order valence-corrected chi connectivity index (χ3v) is 3.18. The van der Waals surface area contributed by atoms with Crippen LogP contribution in [0.3, 0.4) is 0 Å². The van der Waals surface area contributed by atoms with Crippen molar-refractivity contribution in [3.05, 3.63) is 35.4 Å². The minimum Gasteiger partial charge on any atom is -0.379 e. The van der Waals surface area contributed by atoms with Crippen LogP contribution in [0.1, 0.15) is 15.9 Å². The zero-order valence-corrected chi connectivity index (χ0v) is 10.7. The van der Waals surface area contributed by atoms with Gasteiger partial charge in [-0.1, -0.05) is 30.0 Å². The number of thioether (sulfide) groups is 1. The van der Waals surface area contributed by atoms with Gasteiger partial charge in [0.1, 0.15) is 0 Å². The maximum Gasteiger partial charge on any atom is 0.417 e. The van der Waals surface area contributed by atoms with E-state index in [1.807, 2.05) is 0 Å². The van der Waals surface area contributed by atoms with Crippen molar-refractivity contribution in [3.8, 4) is 0 Å². The maximum absolute atomic E-state index is 12.8. The van der Waals surface area contributed by atoms with Crippen molar-refractivity contribution in [2.24, 2.45) is 11.5 Å². The molecule has 0 heterocycles. The molecule has 1 rings (SSSR count). The molecule has 0 aliphatic heterocycles. The number of benzene rings is 1. The van der Waals surface area contributed by atoms with Gasteiger partial charge in [0.15, 0.2) is 16.2 Å². The van der Waals surface area contributed by atoms with E-state index in [4.69, 9.17) is 16.9 Å². The molecule has 5 N–H and O–H groups in total. The average molecular weight is 305 g/mol. The van der Waals surface area contributed by atoms with Crippen molar-refractivity contribution in [1.29, 1.82) is 5.41 Å². The molecule has 1 aromatic rings. The Morgan fingerprint density at radius 2 is 1.75 bits per heavy atom. The van der Waals surface area contributed by atoms with Crippen LogP contribution >= 0.6 is 11.8 Å². The minimum absolute atomic E-state index is 0.300. The van der Waals surface area contributed by atoms with E-state index in [0.29, 0.717) is 11.8 Å². The second-order valence-corrected chi connectivity index (χ2v) is 4.82. The summed E-state index contributed by atoms with van der Waals surface area (Å²) in [6.07, 6.45) is -4.74. The summed E-state index contributed by atoms with van der Waals surface area (Å²) >= 11 is 0.300. The highest BCUT2D eigenvalue weighted by Gasteiger charge is 2.37. The number of rotatable bonds is 4. The second kappa shape index (κ2) is 5.95. The number of alkyl halides is 3. The number of primary amides is 1. The number of carbonyl (C=O) groups is 2. The Labute approximate surface area is 116 Å². The smallest absolute Gasteiger partial charge is 0.379 e. The van der Waals surface area contributed by atoms with Crippen LogP contribution in [-0.4, -0.2) is 22.1 Å². The molecule has 0 fully saturated rings. The van der Waals surface area contributed by atoms with Gasteiger partial charge in [-0.15, -0.1) is 0 Å². The van der Waals surface area contributed by atoms with E-state index in [-0.39, 0.29) is 0 Å². The molecule has 0 bridgehead atoms. The molecular formula is C11H10F3N3O2S. The van der Waals surface area contributed by atoms with Crippen LogP contribution in [0, 0.1) is 5.41 Å². The summed E-state index contributed by atoms with van der Waals surface area (Å²) in [6, 6.07) is 4.03. The van der Waals surface area contributed by atoms with Crippen molar-refractivity contribution in [2.75, 3.05) is 0 Å². The van der Waals surface area contributed by atoms with E-state index >= 15 is 0 Å². The Bertz CT molecular complexity index is 560. The zero-order chi connectivity index (χ0) is 15.5. The topological polar surface area (TPSA) is 110 Å². The van der Waals surface area contributed by atoms with Gasteiger partial charge < -0.3 is 11.5 Å². The van der Waals surface area contributed by atoms with Gasteiger partial charge in [0, 0.05) is 5.56 Å². The zero-order valence-electron chi connectivity index (χ0n) is 9.90. The number of nitrogens with two attached hydrogens (primary N) is 2. The van der Waals surface area contributed by atoms with Crippen LogP contribution in [-0.2, 0) is 11.0 Å². The standard InChI is InChI=1S/C11H10F3N3O2S/c12-11(13,14)6-4-2-1-3-5(6)7(18)8(9(15)19)20-10(16)17/h1-4,8H,(H2,15,19)(H3,16,17). The quantitative estimate of drug-likeness (QED) is 0.338. The number of carbonyl (C=O) groups excluding carboxylic acids is 2. The van der Waals surface area contributed by atoms with Gasteiger partial charge in [-0.3, -0.25) is 15.0 Å². The summed E-state index contributed by atoms with van der Waals surface area (Å²) < 4.78 is 38.4. The third kappa shape index (κ3) is 3.73. The van der Waals surface area contributed by atoms with Crippen LogP contribution in [0.25, 0.3) is 0 Å². The first-order valence-corrected chi connectivity index (χ1v) is 6.03. The van der Waals surface area contributed by atoms with Crippen LogP contribution < -0.4 is 11.5 Å². The van der Waals surface area contributed by atoms with Gasteiger partial charge in [0.05, 0.1) is 5.56 Å². The van der Waals surface area contributed by atoms with Crippen molar-refractivity contribution in [2.45, 2.75) is 11.4 Å². The highest BCUT2D eigenvalue weighted by Crippen LogP contribution is 2.33. The van der Waals surface area contributed by atoms with Crippen molar-refractivity contribution < 1.29 is 22.8 Å². The first-order chi connectivity index (χ1) is 9.14. The molecule has 0 radical (unpaired) electrons. The summed E-state index contributed by atoms with van der Waals surface area (Å²) in [5.41, 5.74) is 8.15. The fraction of sp³-hybridized carbons (Fsp3) is 0.182. The molecule has 0 aliphatic carbocycles. The Hall–Kier alpha value is -2.03. The number of hydrogen-bond acceptors (Lipinski definition) is 4. The Morgan fingerprint density at radius 3 is 2.20 bits per heavy atom. The highest BCUT2D eigenvalue weighted by atomic mass is 32.2. The van der Waals surface area contributed by atoms with Gasteiger partial charge in [0.25, 0.3) is 0 Å². The molecule has 5 nitrogen and oxygen atoms in total. The number of ketones is 1. The molecule has 1 unspecified atom stereocenters. The first kappa shape index (κ1) is 16.0.